The summed E-state index contributed by atoms with van der Waals surface area (Å²) in [4.78, 5) is 35.6. The van der Waals surface area contributed by atoms with Crippen molar-refractivity contribution in [1.29, 1.82) is 0 Å². The summed E-state index contributed by atoms with van der Waals surface area (Å²) in [7, 11) is 0. The van der Waals surface area contributed by atoms with Crippen LogP contribution in [0.2, 0.25) is 0 Å². The zero-order valence-corrected chi connectivity index (χ0v) is 17.0. The minimum absolute atomic E-state index is 0.203. The number of halogens is 1. The van der Waals surface area contributed by atoms with Gasteiger partial charge in [-0.1, -0.05) is 18.2 Å². The maximum Gasteiger partial charge on any atom is 0.308 e. The normalized spacial score (nSPS) is 10.3. The second-order valence-electron chi connectivity index (χ2n) is 6.06. The van der Waals surface area contributed by atoms with Crippen LogP contribution in [-0.4, -0.2) is 17.8 Å². The van der Waals surface area contributed by atoms with E-state index in [0.29, 0.717) is 21.7 Å². The van der Waals surface area contributed by atoms with Crippen molar-refractivity contribution in [2.75, 3.05) is 5.32 Å². The van der Waals surface area contributed by atoms with Crippen LogP contribution in [0.25, 0.3) is 0 Å². The van der Waals surface area contributed by atoms with Gasteiger partial charge in [0.2, 0.25) is 0 Å². The van der Waals surface area contributed by atoms with Gasteiger partial charge in [-0.2, -0.15) is 0 Å². The minimum Gasteiger partial charge on any atom is -0.444 e. The highest BCUT2D eigenvalue weighted by Crippen LogP contribution is 2.17. The van der Waals surface area contributed by atoms with E-state index in [1.807, 2.05) is 6.07 Å². The molecular weight excluding hydrogens is 440 g/mol. The third kappa shape index (κ3) is 5.79. The third-order valence-electron chi connectivity index (χ3n) is 3.79. The van der Waals surface area contributed by atoms with Gasteiger partial charge in [-0.05, 0) is 64.0 Å². The topological polar surface area (TPSA) is 97.6 Å². The highest BCUT2D eigenvalue weighted by Gasteiger charge is 2.11. The number of esters is 1. The molecule has 0 fully saturated rings. The Morgan fingerprint density at radius 1 is 1.00 bits per heavy atom. The zero-order valence-electron chi connectivity index (χ0n) is 15.4. The molecule has 7 nitrogen and oxygen atoms in total. The Morgan fingerprint density at radius 2 is 1.79 bits per heavy atom. The second kappa shape index (κ2) is 9.20. The predicted molar refractivity (Wildman–Crippen MR) is 110 cm³/mol. The highest BCUT2D eigenvalue weighted by molar-refractivity contribution is 9.10. The van der Waals surface area contributed by atoms with E-state index in [4.69, 9.17) is 9.15 Å². The molecule has 0 saturated heterocycles. The molecule has 0 atom stereocenters. The first-order valence-electron chi connectivity index (χ1n) is 8.63. The summed E-state index contributed by atoms with van der Waals surface area (Å²) in [6.07, 6.45) is 0. The number of furan rings is 1. The van der Waals surface area contributed by atoms with Crippen molar-refractivity contribution < 1.29 is 23.5 Å². The van der Waals surface area contributed by atoms with Gasteiger partial charge in [0, 0.05) is 24.7 Å². The van der Waals surface area contributed by atoms with Crippen molar-refractivity contribution in [3.63, 3.8) is 0 Å². The lowest BCUT2D eigenvalue weighted by Crippen LogP contribution is -2.22. The third-order valence-corrected chi connectivity index (χ3v) is 4.22. The maximum atomic E-state index is 12.5. The molecule has 3 aromatic rings. The first-order chi connectivity index (χ1) is 13.9. The van der Waals surface area contributed by atoms with Crippen LogP contribution in [0.3, 0.4) is 0 Å². The van der Waals surface area contributed by atoms with Crippen LogP contribution in [0.15, 0.2) is 69.8 Å². The maximum absolute atomic E-state index is 12.5. The summed E-state index contributed by atoms with van der Waals surface area (Å²) in [5.41, 5.74) is 1.72. The summed E-state index contributed by atoms with van der Waals surface area (Å²) in [5, 5.41) is 5.54. The number of benzene rings is 2. The van der Waals surface area contributed by atoms with Gasteiger partial charge in [0.1, 0.15) is 5.75 Å². The quantitative estimate of drug-likeness (QED) is 0.428. The lowest BCUT2D eigenvalue weighted by atomic mass is 10.1. The average molecular weight is 457 g/mol. The Balaban J connectivity index is 1.62. The Labute approximate surface area is 175 Å². The van der Waals surface area contributed by atoms with E-state index in [1.54, 1.807) is 48.5 Å². The van der Waals surface area contributed by atoms with Gasteiger partial charge in [-0.3, -0.25) is 14.4 Å². The van der Waals surface area contributed by atoms with Crippen molar-refractivity contribution >= 4 is 39.4 Å². The number of hydrogen-bond acceptors (Lipinski definition) is 5. The second-order valence-corrected chi connectivity index (χ2v) is 6.84. The van der Waals surface area contributed by atoms with Crippen LogP contribution in [0.5, 0.6) is 5.75 Å². The minimum atomic E-state index is -0.459. The number of anilines is 1. The number of carbonyl (C=O) groups excluding carboxylic acids is 3. The predicted octanol–water partition coefficient (Wildman–Crippen LogP) is 4.15. The molecule has 0 spiro atoms. The van der Waals surface area contributed by atoms with Gasteiger partial charge in [-0.25, -0.2) is 0 Å². The van der Waals surface area contributed by atoms with Crippen LogP contribution >= 0.6 is 15.9 Å². The molecule has 3 rings (SSSR count). The summed E-state index contributed by atoms with van der Waals surface area (Å²) in [6, 6.07) is 16.6. The molecule has 1 heterocycles. The van der Waals surface area contributed by atoms with Gasteiger partial charge in [0.25, 0.3) is 11.8 Å². The molecule has 2 aromatic carbocycles. The average Bonchev–Trinajstić information content (AvgIpc) is 3.12. The zero-order chi connectivity index (χ0) is 20.8. The molecule has 8 heteroatoms. The van der Waals surface area contributed by atoms with Crippen LogP contribution in [0.4, 0.5) is 5.69 Å². The van der Waals surface area contributed by atoms with Gasteiger partial charge >= 0.3 is 5.97 Å². The first-order valence-corrected chi connectivity index (χ1v) is 9.42. The monoisotopic (exact) mass is 456 g/mol. The molecule has 0 aliphatic carbocycles. The van der Waals surface area contributed by atoms with Crippen molar-refractivity contribution in [2.45, 2.75) is 13.5 Å². The van der Waals surface area contributed by atoms with Crippen LogP contribution in [0, 0.1) is 0 Å². The number of nitrogens with one attached hydrogen (secondary N) is 2. The Morgan fingerprint density at radius 3 is 2.52 bits per heavy atom. The fraction of sp³-hybridized carbons (Fsp3) is 0.0952. The number of amides is 2. The van der Waals surface area contributed by atoms with Crippen LogP contribution in [-0.2, 0) is 11.3 Å². The number of rotatable bonds is 6. The van der Waals surface area contributed by atoms with Crippen molar-refractivity contribution in [1.82, 2.24) is 5.32 Å². The van der Waals surface area contributed by atoms with E-state index in [-0.39, 0.29) is 24.1 Å². The molecule has 0 radical (unpaired) electrons. The van der Waals surface area contributed by atoms with E-state index in [1.165, 1.54) is 13.0 Å². The van der Waals surface area contributed by atoms with Crippen molar-refractivity contribution in [3.8, 4) is 5.75 Å². The number of carbonyl (C=O) groups is 3. The summed E-state index contributed by atoms with van der Waals surface area (Å²) in [5.74, 6) is -0.646. The lowest BCUT2D eigenvalue weighted by Gasteiger charge is -2.09. The molecule has 148 valence electrons. The smallest absolute Gasteiger partial charge is 0.308 e. The summed E-state index contributed by atoms with van der Waals surface area (Å²) >= 11 is 3.15. The summed E-state index contributed by atoms with van der Waals surface area (Å²) < 4.78 is 10.7. The van der Waals surface area contributed by atoms with Gasteiger partial charge in [0.15, 0.2) is 10.4 Å². The van der Waals surface area contributed by atoms with Crippen LogP contribution in [0.1, 0.15) is 33.4 Å². The van der Waals surface area contributed by atoms with Crippen LogP contribution < -0.4 is 15.4 Å². The molecule has 0 unspecified atom stereocenters. The van der Waals surface area contributed by atoms with Gasteiger partial charge in [-0.15, -0.1) is 0 Å². The molecule has 0 saturated carbocycles. The fourth-order valence-corrected chi connectivity index (χ4v) is 2.84. The molecule has 0 bridgehead atoms. The van der Waals surface area contributed by atoms with Crippen molar-refractivity contribution in [3.05, 3.63) is 82.2 Å². The number of ether oxygens (including phenoxy) is 1. The largest absolute Gasteiger partial charge is 0.444 e. The Bertz CT molecular complexity index is 1060. The summed E-state index contributed by atoms with van der Waals surface area (Å²) in [6.45, 7) is 1.56. The van der Waals surface area contributed by atoms with Gasteiger partial charge in [0.05, 0.1) is 0 Å². The van der Waals surface area contributed by atoms with Crippen molar-refractivity contribution in [2.24, 2.45) is 0 Å². The molecule has 2 amide bonds. The van der Waals surface area contributed by atoms with Gasteiger partial charge < -0.3 is 19.8 Å². The van der Waals surface area contributed by atoms with E-state index >= 15 is 0 Å². The Hall–Kier alpha value is -3.39. The van der Waals surface area contributed by atoms with E-state index in [0.717, 1.165) is 5.56 Å². The lowest BCUT2D eigenvalue weighted by molar-refractivity contribution is -0.131. The Kier molecular flexibility index (Phi) is 6.46. The van der Waals surface area contributed by atoms with E-state index in [9.17, 15) is 14.4 Å². The first kappa shape index (κ1) is 20.3. The highest BCUT2D eigenvalue weighted by atomic mass is 79.9. The molecule has 1 aromatic heterocycles. The van der Waals surface area contributed by atoms with E-state index < -0.39 is 5.97 Å². The molecule has 29 heavy (non-hydrogen) atoms. The molecular formula is C21H17BrN2O5. The number of hydrogen-bond donors (Lipinski definition) is 2. The molecule has 0 aliphatic rings. The van der Waals surface area contributed by atoms with E-state index in [2.05, 4.69) is 26.6 Å². The molecule has 0 aliphatic heterocycles. The fourth-order valence-electron chi connectivity index (χ4n) is 2.53. The SMILES string of the molecule is CC(=O)Oc1cccc(C(=O)Nc2cccc(CNC(=O)c3ccc(Br)o3)c2)c1. The molecule has 2 N–H and O–H groups in total. The standard InChI is InChI=1S/C21H17BrN2O5/c1-13(25)28-17-7-3-5-15(11-17)20(26)24-16-6-2-4-14(10-16)12-23-21(27)18-8-9-19(22)29-18/h2-11H,12H2,1H3,(H,23,27)(H,24,26).